The standard InChI is InChI=1S/C20H27N3O2/c24-19(10-9-16-7-8-16)21-17-5-4-6-18(15-17)22-20(25)11-14-23-12-2-1-3-13-23/h4-6,9-10,15-16H,1-3,7-8,11-14H2,(H,21,24)(H,22,25). The van der Waals surface area contributed by atoms with Crippen LogP contribution in [-0.4, -0.2) is 36.3 Å². The highest BCUT2D eigenvalue weighted by molar-refractivity contribution is 6.00. The summed E-state index contributed by atoms with van der Waals surface area (Å²) >= 11 is 0. The molecular formula is C20H27N3O2. The van der Waals surface area contributed by atoms with E-state index in [2.05, 4.69) is 15.5 Å². The van der Waals surface area contributed by atoms with E-state index in [0.29, 0.717) is 23.7 Å². The minimum Gasteiger partial charge on any atom is -0.326 e. The number of amides is 2. The highest BCUT2D eigenvalue weighted by Crippen LogP contribution is 2.30. The van der Waals surface area contributed by atoms with Crippen LogP contribution in [0.2, 0.25) is 0 Å². The summed E-state index contributed by atoms with van der Waals surface area (Å²) in [5.74, 6) is 0.472. The molecule has 0 spiro atoms. The fraction of sp³-hybridized carbons (Fsp3) is 0.500. The van der Waals surface area contributed by atoms with Gasteiger partial charge in [-0.2, -0.15) is 0 Å². The van der Waals surface area contributed by atoms with E-state index in [0.717, 1.165) is 19.6 Å². The number of allylic oxidation sites excluding steroid dienone is 1. The Morgan fingerprint density at radius 3 is 2.52 bits per heavy atom. The number of piperidine rings is 1. The highest BCUT2D eigenvalue weighted by Gasteiger charge is 2.17. The van der Waals surface area contributed by atoms with Crippen LogP contribution in [0.4, 0.5) is 11.4 Å². The van der Waals surface area contributed by atoms with E-state index in [1.54, 1.807) is 12.1 Å². The molecule has 1 aliphatic carbocycles. The minimum absolute atomic E-state index is 0.0164. The number of anilines is 2. The Balaban J connectivity index is 1.45. The third-order valence-electron chi connectivity index (χ3n) is 4.66. The molecule has 1 aromatic rings. The number of nitrogens with zero attached hydrogens (tertiary/aromatic N) is 1. The minimum atomic E-state index is -0.125. The molecule has 0 unspecified atom stereocenters. The van der Waals surface area contributed by atoms with Crippen LogP contribution in [0.5, 0.6) is 0 Å². The summed E-state index contributed by atoms with van der Waals surface area (Å²) in [6, 6.07) is 7.29. The number of carbonyl (C=O) groups is 2. The second kappa shape index (κ2) is 8.81. The van der Waals surface area contributed by atoms with Crippen molar-refractivity contribution in [2.24, 2.45) is 5.92 Å². The first-order valence-corrected chi connectivity index (χ1v) is 9.30. The maximum atomic E-state index is 12.1. The van der Waals surface area contributed by atoms with Gasteiger partial charge in [0.2, 0.25) is 11.8 Å². The van der Waals surface area contributed by atoms with Crippen LogP contribution in [0, 0.1) is 5.92 Å². The number of benzene rings is 1. The predicted octanol–water partition coefficient (Wildman–Crippen LogP) is 3.41. The molecule has 2 aliphatic rings. The Bertz CT molecular complexity index is 632. The van der Waals surface area contributed by atoms with Crippen LogP contribution in [-0.2, 0) is 9.59 Å². The topological polar surface area (TPSA) is 61.4 Å². The van der Waals surface area contributed by atoms with E-state index in [9.17, 15) is 9.59 Å². The molecule has 1 aliphatic heterocycles. The van der Waals surface area contributed by atoms with Crippen LogP contribution >= 0.6 is 0 Å². The molecule has 0 aromatic heterocycles. The van der Waals surface area contributed by atoms with E-state index in [-0.39, 0.29) is 11.8 Å². The summed E-state index contributed by atoms with van der Waals surface area (Å²) in [6.07, 6.45) is 10.2. The van der Waals surface area contributed by atoms with Gasteiger partial charge in [-0.1, -0.05) is 18.6 Å². The van der Waals surface area contributed by atoms with Crippen molar-refractivity contribution in [3.8, 4) is 0 Å². The van der Waals surface area contributed by atoms with Crippen LogP contribution in [0.1, 0.15) is 38.5 Å². The van der Waals surface area contributed by atoms with Gasteiger partial charge in [-0.3, -0.25) is 9.59 Å². The number of hydrogen-bond donors (Lipinski definition) is 2. The Labute approximate surface area is 149 Å². The van der Waals surface area contributed by atoms with Gasteiger partial charge in [-0.25, -0.2) is 0 Å². The molecule has 1 heterocycles. The Morgan fingerprint density at radius 1 is 1.08 bits per heavy atom. The second-order valence-corrected chi connectivity index (χ2v) is 6.97. The molecule has 3 rings (SSSR count). The first kappa shape index (κ1) is 17.7. The Hall–Kier alpha value is -2.14. The normalized spacial score (nSPS) is 18.2. The van der Waals surface area contributed by atoms with Crippen LogP contribution in [0.3, 0.4) is 0 Å². The number of rotatable bonds is 7. The van der Waals surface area contributed by atoms with Crippen molar-refractivity contribution >= 4 is 23.2 Å². The third-order valence-corrected chi connectivity index (χ3v) is 4.66. The monoisotopic (exact) mass is 341 g/mol. The molecule has 1 saturated carbocycles. The molecule has 2 amide bonds. The summed E-state index contributed by atoms with van der Waals surface area (Å²) in [7, 11) is 0. The lowest BCUT2D eigenvalue weighted by Gasteiger charge is -2.25. The van der Waals surface area contributed by atoms with Crippen molar-refractivity contribution in [2.75, 3.05) is 30.3 Å². The number of likely N-dealkylation sites (tertiary alicyclic amines) is 1. The van der Waals surface area contributed by atoms with Gasteiger partial charge in [0, 0.05) is 24.3 Å². The summed E-state index contributed by atoms with van der Waals surface area (Å²) in [4.78, 5) is 26.4. The summed E-state index contributed by atoms with van der Waals surface area (Å²) in [6.45, 7) is 3.01. The lowest BCUT2D eigenvalue weighted by Crippen LogP contribution is -2.32. The second-order valence-electron chi connectivity index (χ2n) is 6.97. The highest BCUT2D eigenvalue weighted by atomic mass is 16.2. The average molecular weight is 341 g/mol. The van der Waals surface area contributed by atoms with Gasteiger partial charge in [-0.05, 0) is 69.0 Å². The number of hydrogen-bond acceptors (Lipinski definition) is 3. The van der Waals surface area contributed by atoms with Crippen LogP contribution in [0.15, 0.2) is 36.4 Å². The zero-order chi connectivity index (χ0) is 17.5. The molecule has 2 fully saturated rings. The summed E-state index contributed by atoms with van der Waals surface area (Å²) in [5, 5.41) is 5.76. The van der Waals surface area contributed by atoms with E-state index in [1.807, 2.05) is 24.3 Å². The van der Waals surface area contributed by atoms with Crippen LogP contribution < -0.4 is 10.6 Å². The Morgan fingerprint density at radius 2 is 1.80 bits per heavy atom. The van der Waals surface area contributed by atoms with Gasteiger partial charge in [0.05, 0.1) is 0 Å². The molecule has 2 N–H and O–H groups in total. The molecule has 0 atom stereocenters. The largest absolute Gasteiger partial charge is 0.326 e. The molecule has 134 valence electrons. The molecule has 0 radical (unpaired) electrons. The van der Waals surface area contributed by atoms with Crippen molar-refractivity contribution in [3.63, 3.8) is 0 Å². The van der Waals surface area contributed by atoms with Gasteiger partial charge < -0.3 is 15.5 Å². The van der Waals surface area contributed by atoms with Crippen molar-refractivity contribution < 1.29 is 9.59 Å². The van der Waals surface area contributed by atoms with Crippen molar-refractivity contribution in [2.45, 2.75) is 38.5 Å². The third kappa shape index (κ3) is 6.35. The summed E-state index contributed by atoms with van der Waals surface area (Å²) in [5.41, 5.74) is 1.41. The smallest absolute Gasteiger partial charge is 0.248 e. The molecule has 1 aromatic carbocycles. The molecule has 5 nitrogen and oxygen atoms in total. The van der Waals surface area contributed by atoms with Gasteiger partial charge in [-0.15, -0.1) is 0 Å². The van der Waals surface area contributed by atoms with Gasteiger partial charge in [0.1, 0.15) is 0 Å². The van der Waals surface area contributed by atoms with Crippen molar-refractivity contribution in [3.05, 3.63) is 36.4 Å². The SMILES string of the molecule is O=C(C=CC1CC1)Nc1cccc(NC(=O)CCN2CCCCC2)c1. The molecule has 1 saturated heterocycles. The first-order valence-electron chi connectivity index (χ1n) is 9.30. The van der Waals surface area contributed by atoms with Crippen molar-refractivity contribution in [1.82, 2.24) is 4.90 Å². The zero-order valence-electron chi connectivity index (χ0n) is 14.7. The maximum absolute atomic E-state index is 12.1. The van der Waals surface area contributed by atoms with E-state index in [1.165, 1.54) is 32.1 Å². The van der Waals surface area contributed by atoms with Crippen LogP contribution in [0.25, 0.3) is 0 Å². The quantitative estimate of drug-likeness (QED) is 0.747. The fourth-order valence-corrected chi connectivity index (χ4v) is 3.04. The van der Waals surface area contributed by atoms with Gasteiger partial charge in [0.25, 0.3) is 0 Å². The molecular weight excluding hydrogens is 314 g/mol. The Kier molecular flexibility index (Phi) is 6.23. The van der Waals surface area contributed by atoms with Crippen molar-refractivity contribution in [1.29, 1.82) is 0 Å². The summed E-state index contributed by atoms with van der Waals surface area (Å²) < 4.78 is 0. The fourth-order valence-electron chi connectivity index (χ4n) is 3.04. The number of carbonyl (C=O) groups excluding carboxylic acids is 2. The molecule has 25 heavy (non-hydrogen) atoms. The molecule has 5 heteroatoms. The van der Waals surface area contributed by atoms with E-state index in [4.69, 9.17) is 0 Å². The first-order chi connectivity index (χ1) is 12.2. The number of nitrogens with one attached hydrogen (secondary N) is 2. The van der Waals surface area contributed by atoms with Gasteiger partial charge >= 0.3 is 0 Å². The van der Waals surface area contributed by atoms with E-state index < -0.39 is 0 Å². The molecule has 0 bridgehead atoms. The lowest BCUT2D eigenvalue weighted by molar-refractivity contribution is -0.116. The lowest BCUT2D eigenvalue weighted by atomic mass is 10.1. The van der Waals surface area contributed by atoms with Gasteiger partial charge in [0.15, 0.2) is 0 Å². The average Bonchev–Trinajstić information content (AvgIpc) is 3.44. The zero-order valence-corrected chi connectivity index (χ0v) is 14.7. The predicted molar refractivity (Wildman–Crippen MR) is 100 cm³/mol. The maximum Gasteiger partial charge on any atom is 0.248 e. The van der Waals surface area contributed by atoms with E-state index >= 15 is 0 Å².